The van der Waals surface area contributed by atoms with Crippen LogP contribution in [0.4, 0.5) is 11.4 Å². The van der Waals surface area contributed by atoms with Crippen LogP contribution in [-0.2, 0) is 16.0 Å². The van der Waals surface area contributed by atoms with Crippen molar-refractivity contribution >= 4 is 23.2 Å². The molecule has 0 spiro atoms. The van der Waals surface area contributed by atoms with Crippen LogP contribution in [0.3, 0.4) is 0 Å². The van der Waals surface area contributed by atoms with Crippen molar-refractivity contribution in [3.63, 3.8) is 0 Å². The predicted molar refractivity (Wildman–Crippen MR) is 82.4 cm³/mol. The van der Waals surface area contributed by atoms with Gasteiger partial charge in [0, 0.05) is 7.05 Å². The number of carbonyl (C=O) groups excluding carboxylic acids is 2. The molecule has 1 heterocycles. The number of benzene rings is 2. The maximum Gasteiger partial charge on any atom is 0.246 e. The molecule has 4 nitrogen and oxygen atoms in total. The second-order valence-corrected chi connectivity index (χ2v) is 5.08. The van der Waals surface area contributed by atoms with Crippen LogP contribution in [0.2, 0.25) is 0 Å². The van der Waals surface area contributed by atoms with Gasteiger partial charge in [-0.15, -0.1) is 0 Å². The SMILES string of the molecule is CN1C(=O)CN(C(=O)Cc2ccccc2)c2ccccc21. The minimum Gasteiger partial charge on any atom is -0.312 e. The van der Waals surface area contributed by atoms with Gasteiger partial charge in [-0.25, -0.2) is 0 Å². The van der Waals surface area contributed by atoms with Crippen LogP contribution in [0, 0.1) is 0 Å². The zero-order chi connectivity index (χ0) is 14.8. The Morgan fingerprint density at radius 2 is 1.62 bits per heavy atom. The summed E-state index contributed by atoms with van der Waals surface area (Å²) in [6, 6.07) is 17.1. The number of likely N-dealkylation sites (N-methyl/N-ethyl adjacent to an activating group) is 1. The first-order valence-corrected chi connectivity index (χ1v) is 6.86. The summed E-state index contributed by atoms with van der Waals surface area (Å²) in [6.45, 7) is 0.0964. The highest BCUT2D eigenvalue weighted by atomic mass is 16.2. The maximum absolute atomic E-state index is 12.5. The Morgan fingerprint density at radius 3 is 2.33 bits per heavy atom. The number of hydrogen-bond acceptors (Lipinski definition) is 2. The smallest absolute Gasteiger partial charge is 0.246 e. The first kappa shape index (κ1) is 13.4. The molecule has 0 N–H and O–H groups in total. The van der Waals surface area contributed by atoms with Crippen LogP contribution in [0.5, 0.6) is 0 Å². The molecule has 2 aromatic carbocycles. The van der Waals surface area contributed by atoms with Crippen molar-refractivity contribution in [3.05, 3.63) is 60.2 Å². The van der Waals surface area contributed by atoms with E-state index in [1.807, 2.05) is 54.6 Å². The van der Waals surface area contributed by atoms with E-state index in [9.17, 15) is 9.59 Å². The first-order chi connectivity index (χ1) is 10.2. The van der Waals surface area contributed by atoms with Gasteiger partial charge in [-0.2, -0.15) is 0 Å². The van der Waals surface area contributed by atoms with Gasteiger partial charge in [0.05, 0.1) is 17.8 Å². The van der Waals surface area contributed by atoms with E-state index in [0.29, 0.717) is 6.42 Å². The molecule has 4 heteroatoms. The molecular formula is C17H16N2O2. The number of rotatable bonds is 2. The molecule has 0 saturated heterocycles. The molecule has 0 saturated carbocycles. The van der Waals surface area contributed by atoms with Crippen LogP contribution in [0.25, 0.3) is 0 Å². The van der Waals surface area contributed by atoms with Crippen molar-refractivity contribution in [2.45, 2.75) is 6.42 Å². The quantitative estimate of drug-likeness (QED) is 0.846. The van der Waals surface area contributed by atoms with E-state index in [1.54, 1.807) is 16.8 Å². The first-order valence-electron chi connectivity index (χ1n) is 6.86. The molecule has 0 unspecified atom stereocenters. The Hall–Kier alpha value is -2.62. The highest BCUT2D eigenvalue weighted by Crippen LogP contribution is 2.32. The molecule has 0 bridgehead atoms. The normalized spacial score (nSPS) is 14.0. The largest absolute Gasteiger partial charge is 0.312 e. The number of hydrogen-bond donors (Lipinski definition) is 0. The number of anilines is 2. The minimum absolute atomic E-state index is 0.0601. The molecule has 0 aliphatic carbocycles. The Kier molecular flexibility index (Phi) is 3.44. The minimum atomic E-state index is -0.0740. The summed E-state index contributed by atoms with van der Waals surface area (Å²) in [5.74, 6) is -0.134. The lowest BCUT2D eigenvalue weighted by Gasteiger charge is -2.34. The van der Waals surface area contributed by atoms with E-state index >= 15 is 0 Å². The van der Waals surface area contributed by atoms with E-state index in [-0.39, 0.29) is 18.4 Å². The zero-order valence-corrected chi connectivity index (χ0v) is 11.8. The van der Waals surface area contributed by atoms with Crippen molar-refractivity contribution in [2.24, 2.45) is 0 Å². The second-order valence-electron chi connectivity index (χ2n) is 5.08. The summed E-state index contributed by atoms with van der Waals surface area (Å²) in [5.41, 5.74) is 2.52. The van der Waals surface area contributed by atoms with Gasteiger partial charge in [0.25, 0.3) is 0 Å². The van der Waals surface area contributed by atoms with Gasteiger partial charge in [-0.3, -0.25) is 9.59 Å². The molecule has 21 heavy (non-hydrogen) atoms. The summed E-state index contributed by atoms with van der Waals surface area (Å²) in [4.78, 5) is 27.8. The summed E-state index contributed by atoms with van der Waals surface area (Å²) < 4.78 is 0. The Labute approximate surface area is 123 Å². The maximum atomic E-state index is 12.5. The molecule has 2 aromatic rings. The van der Waals surface area contributed by atoms with Gasteiger partial charge in [0.15, 0.2) is 0 Å². The molecule has 0 fully saturated rings. The van der Waals surface area contributed by atoms with Crippen LogP contribution in [0.1, 0.15) is 5.56 Å². The molecule has 1 aliphatic rings. The summed E-state index contributed by atoms with van der Waals surface area (Å²) in [6.07, 6.45) is 0.298. The van der Waals surface area contributed by atoms with Crippen molar-refractivity contribution in [3.8, 4) is 0 Å². The van der Waals surface area contributed by atoms with Gasteiger partial charge in [0.1, 0.15) is 6.54 Å². The van der Waals surface area contributed by atoms with Gasteiger partial charge in [0.2, 0.25) is 11.8 Å². The van der Waals surface area contributed by atoms with Crippen molar-refractivity contribution < 1.29 is 9.59 Å². The Balaban J connectivity index is 1.90. The average Bonchev–Trinajstić information content (AvgIpc) is 2.52. The van der Waals surface area contributed by atoms with E-state index in [2.05, 4.69) is 0 Å². The van der Waals surface area contributed by atoms with E-state index in [1.165, 1.54) is 0 Å². The second kappa shape index (κ2) is 5.40. The third-order valence-electron chi connectivity index (χ3n) is 3.70. The molecule has 0 aromatic heterocycles. The summed E-state index contributed by atoms with van der Waals surface area (Å²) in [7, 11) is 1.74. The molecule has 0 atom stereocenters. The molecule has 2 amide bonds. The van der Waals surface area contributed by atoms with Crippen LogP contribution < -0.4 is 9.80 Å². The van der Waals surface area contributed by atoms with Crippen LogP contribution in [-0.4, -0.2) is 25.4 Å². The number of para-hydroxylation sites is 2. The van der Waals surface area contributed by atoms with Gasteiger partial charge in [-0.05, 0) is 17.7 Å². The standard InChI is InChI=1S/C17H16N2O2/c1-18-14-9-5-6-10-15(14)19(12-17(18)21)16(20)11-13-7-3-2-4-8-13/h2-10H,11-12H2,1H3. The lowest BCUT2D eigenvalue weighted by Crippen LogP contribution is -2.47. The Bertz CT molecular complexity index is 682. The fourth-order valence-electron chi connectivity index (χ4n) is 2.53. The van der Waals surface area contributed by atoms with Crippen molar-refractivity contribution in [2.75, 3.05) is 23.4 Å². The summed E-state index contributed by atoms with van der Waals surface area (Å²) >= 11 is 0. The van der Waals surface area contributed by atoms with E-state index in [0.717, 1.165) is 16.9 Å². The third kappa shape index (κ3) is 2.52. The molecule has 0 radical (unpaired) electrons. The molecule has 1 aliphatic heterocycles. The number of fused-ring (bicyclic) bond motifs is 1. The number of nitrogens with zero attached hydrogens (tertiary/aromatic N) is 2. The number of amides is 2. The molecule has 3 rings (SSSR count). The highest BCUT2D eigenvalue weighted by molar-refractivity contribution is 6.11. The molecule has 106 valence electrons. The fraction of sp³-hybridized carbons (Fsp3) is 0.176. The number of carbonyl (C=O) groups is 2. The summed E-state index contributed by atoms with van der Waals surface area (Å²) in [5, 5.41) is 0. The predicted octanol–water partition coefficient (Wildman–Crippen LogP) is 2.24. The van der Waals surface area contributed by atoms with E-state index in [4.69, 9.17) is 0 Å². The topological polar surface area (TPSA) is 40.6 Å². The van der Waals surface area contributed by atoms with Crippen LogP contribution in [0.15, 0.2) is 54.6 Å². The monoisotopic (exact) mass is 280 g/mol. The van der Waals surface area contributed by atoms with Gasteiger partial charge < -0.3 is 9.80 Å². The third-order valence-corrected chi connectivity index (χ3v) is 3.70. The zero-order valence-electron chi connectivity index (χ0n) is 11.8. The highest BCUT2D eigenvalue weighted by Gasteiger charge is 2.29. The van der Waals surface area contributed by atoms with Crippen LogP contribution >= 0.6 is 0 Å². The van der Waals surface area contributed by atoms with Gasteiger partial charge >= 0.3 is 0 Å². The van der Waals surface area contributed by atoms with Crippen molar-refractivity contribution in [1.29, 1.82) is 0 Å². The van der Waals surface area contributed by atoms with E-state index < -0.39 is 0 Å². The van der Waals surface area contributed by atoms with Gasteiger partial charge in [-0.1, -0.05) is 42.5 Å². The lowest BCUT2D eigenvalue weighted by atomic mass is 10.1. The van der Waals surface area contributed by atoms with Crippen molar-refractivity contribution in [1.82, 2.24) is 0 Å². The Morgan fingerprint density at radius 1 is 1.00 bits per heavy atom. The lowest BCUT2D eigenvalue weighted by molar-refractivity contribution is -0.122. The molecular weight excluding hydrogens is 264 g/mol. The fourth-order valence-corrected chi connectivity index (χ4v) is 2.53. The average molecular weight is 280 g/mol.